The van der Waals surface area contributed by atoms with Crippen molar-refractivity contribution in [1.29, 1.82) is 0 Å². The Labute approximate surface area is 128 Å². The highest BCUT2D eigenvalue weighted by Crippen LogP contribution is 2.28. The molecule has 1 atom stereocenters. The summed E-state index contributed by atoms with van der Waals surface area (Å²) in [6.07, 6.45) is 1.13. The number of rotatable bonds is 4. The number of imidazole rings is 1. The van der Waals surface area contributed by atoms with Crippen LogP contribution in [0, 0.1) is 0 Å². The Bertz CT molecular complexity index is 796. The van der Waals surface area contributed by atoms with Crippen LogP contribution in [0.3, 0.4) is 0 Å². The second-order valence-electron chi connectivity index (χ2n) is 4.74. The number of alkyl halides is 1. The van der Waals surface area contributed by atoms with Crippen molar-refractivity contribution >= 4 is 38.4 Å². The van der Waals surface area contributed by atoms with Crippen LogP contribution in [0.4, 0.5) is 0 Å². The lowest BCUT2D eigenvalue weighted by Gasteiger charge is -2.09. The lowest BCUT2D eigenvalue weighted by atomic mass is 10.3. The van der Waals surface area contributed by atoms with E-state index in [9.17, 15) is 13.2 Å². The number of nitrogens with one attached hydrogen (secondary N) is 1. The fraction of sp³-hybridized carbons (Fsp3) is 0.385. The van der Waals surface area contributed by atoms with E-state index in [0.717, 1.165) is 6.26 Å². The number of nitrogens with zero attached hydrogens (tertiary/aromatic N) is 2. The summed E-state index contributed by atoms with van der Waals surface area (Å²) in [5, 5.41) is 2.08. The number of likely N-dealkylation sites (N-methyl/N-ethyl adjacent to an activating group) is 1. The summed E-state index contributed by atoms with van der Waals surface area (Å²) in [7, 11) is -1.88. The third kappa shape index (κ3) is 3.03. The van der Waals surface area contributed by atoms with Crippen molar-refractivity contribution in [2.24, 2.45) is 0 Å². The molecule has 2 rings (SSSR count). The number of para-hydroxylation sites is 1. The van der Waals surface area contributed by atoms with E-state index >= 15 is 0 Å². The maximum atomic E-state index is 11.9. The molecule has 0 aliphatic heterocycles. The fourth-order valence-electron chi connectivity index (χ4n) is 2.13. The van der Waals surface area contributed by atoms with Crippen molar-refractivity contribution in [2.45, 2.75) is 23.7 Å². The van der Waals surface area contributed by atoms with Crippen molar-refractivity contribution in [3.05, 3.63) is 24.0 Å². The van der Waals surface area contributed by atoms with Gasteiger partial charge in [-0.3, -0.25) is 4.79 Å². The number of amides is 1. The van der Waals surface area contributed by atoms with E-state index in [-0.39, 0.29) is 17.3 Å². The van der Waals surface area contributed by atoms with Gasteiger partial charge in [-0.1, -0.05) is 6.07 Å². The zero-order valence-corrected chi connectivity index (χ0v) is 13.5. The maximum Gasteiger partial charge on any atom is 0.239 e. The van der Waals surface area contributed by atoms with Gasteiger partial charge < -0.3 is 9.88 Å². The minimum Gasteiger partial charge on any atom is -0.358 e. The Morgan fingerprint density at radius 2 is 2.14 bits per heavy atom. The monoisotopic (exact) mass is 329 g/mol. The molecule has 1 amide bonds. The highest BCUT2D eigenvalue weighted by Gasteiger charge is 2.21. The molecule has 1 N–H and O–H groups in total. The number of sulfone groups is 1. The molecule has 0 fully saturated rings. The first kappa shape index (κ1) is 15.8. The Kier molecular flexibility index (Phi) is 4.25. The lowest BCUT2D eigenvalue weighted by Crippen LogP contribution is -2.24. The van der Waals surface area contributed by atoms with Crippen molar-refractivity contribution in [3.8, 4) is 0 Å². The molecule has 0 spiro atoms. The molecule has 114 valence electrons. The third-order valence-electron chi connectivity index (χ3n) is 3.11. The van der Waals surface area contributed by atoms with Crippen molar-refractivity contribution in [1.82, 2.24) is 14.9 Å². The Balaban J connectivity index is 2.77. The van der Waals surface area contributed by atoms with Crippen LogP contribution in [0.5, 0.6) is 0 Å². The summed E-state index contributed by atoms with van der Waals surface area (Å²) in [6.45, 7) is 1.76. The van der Waals surface area contributed by atoms with Gasteiger partial charge >= 0.3 is 0 Å². The van der Waals surface area contributed by atoms with Crippen LogP contribution >= 0.6 is 11.6 Å². The van der Waals surface area contributed by atoms with Crippen LogP contribution in [0.15, 0.2) is 23.1 Å². The summed E-state index contributed by atoms with van der Waals surface area (Å²) in [4.78, 5) is 16.1. The van der Waals surface area contributed by atoms with Gasteiger partial charge in [0.1, 0.15) is 17.9 Å². The van der Waals surface area contributed by atoms with Gasteiger partial charge in [0.15, 0.2) is 9.84 Å². The summed E-state index contributed by atoms with van der Waals surface area (Å²) < 4.78 is 25.3. The first-order valence-electron chi connectivity index (χ1n) is 6.29. The number of hydrogen-bond acceptors (Lipinski definition) is 4. The van der Waals surface area contributed by atoms with Gasteiger partial charge in [0.05, 0.1) is 15.8 Å². The van der Waals surface area contributed by atoms with E-state index in [2.05, 4.69) is 10.3 Å². The predicted octanol–water partition coefficient (Wildman–Crippen LogP) is 1.49. The molecule has 21 heavy (non-hydrogen) atoms. The summed E-state index contributed by atoms with van der Waals surface area (Å²) in [5.74, 6) is 0.254. The number of carbonyl (C=O) groups is 1. The fourth-order valence-corrected chi connectivity index (χ4v) is 3.12. The molecule has 1 heterocycles. The third-order valence-corrected chi connectivity index (χ3v) is 4.43. The Hall–Kier alpha value is -1.60. The zero-order chi connectivity index (χ0) is 15.8. The molecule has 8 heteroatoms. The van der Waals surface area contributed by atoms with Crippen LogP contribution in [0.2, 0.25) is 0 Å². The Morgan fingerprint density at radius 1 is 1.48 bits per heavy atom. The van der Waals surface area contributed by atoms with Gasteiger partial charge in [0.25, 0.3) is 0 Å². The smallest absolute Gasteiger partial charge is 0.239 e. The largest absolute Gasteiger partial charge is 0.358 e. The molecule has 1 unspecified atom stereocenters. The molecule has 1 aromatic heterocycles. The van der Waals surface area contributed by atoms with Gasteiger partial charge in [-0.25, -0.2) is 13.4 Å². The molecule has 0 saturated carbocycles. The average molecular weight is 330 g/mol. The number of aromatic nitrogens is 2. The number of carbonyl (C=O) groups excluding carboxylic acids is 1. The minimum atomic E-state index is -3.41. The molecule has 0 aliphatic carbocycles. The first-order valence-corrected chi connectivity index (χ1v) is 8.62. The van der Waals surface area contributed by atoms with Gasteiger partial charge in [-0.15, -0.1) is 11.6 Å². The highest BCUT2D eigenvalue weighted by atomic mass is 35.5. The van der Waals surface area contributed by atoms with Crippen molar-refractivity contribution in [2.75, 3.05) is 13.3 Å². The Morgan fingerprint density at radius 3 is 2.67 bits per heavy atom. The van der Waals surface area contributed by atoms with E-state index in [1.165, 1.54) is 13.1 Å². The minimum absolute atomic E-state index is 0.0343. The normalized spacial score (nSPS) is 13.3. The van der Waals surface area contributed by atoms with Gasteiger partial charge in [-0.05, 0) is 19.1 Å². The zero-order valence-electron chi connectivity index (χ0n) is 11.9. The molecular weight excluding hydrogens is 314 g/mol. The molecule has 0 aliphatic rings. The quantitative estimate of drug-likeness (QED) is 0.862. The van der Waals surface area contributed by atoms with Gasteiger partial charge in [0, 0.05) is 13.3 Å². The topological polar surface area (TPSA) is 81.1 Å². The number of benzene rings is 1. The van der Waals surface area contributed by atoms with E-state index < -0.39 is 15.2 Å². The molecular formula is C13H16ClN3O3S. The maximum absolute atomic E-state index is 11.9. The number of fused-ring (bicyclic) bond motifs is 1. The van der Waals surface area contributed by atoms with E-state index in [1.54, 1.807) is 23.6 Å². The molecule has 2 aromatic rings. The molecule has 0 radical (unpaired) electrons. The van der Waals surface area contributed by atoms with Crippen LogP contribution in [-0.2, 0) is 21.2 Å². The van der Waals surface area contributed by atoms with Crippen LogP contribution in [-0.4, -0.2) is 37.2 Å². The molecule has 0 saturated heterocycles. The van der Waals surface area contributed by atoms with Gasteiger partial charge in [-0.2, -0.15) is 0 Å². The van der Waals surface area contributed by atoms with Crippen molar-refractivity contribution in [3.63, 3.8) is 0 Å². The number of halogens is 1. The summed E-state index contributed by atoms with van der Waals surface area (Å²) in [6, 6.07) is 4.85. The van der Waals surface area contributed by atoms with E-state index in [1.807, 2.05) is 0 Å². The second kappa shape index (κ2) is 5.65. The van der Waals surface area contributed by atoms with Crippen LogP contribution < -0.4 is 5.32 Å². The van der Waals surface area contributed by atoms with Crippen LogP contribution in [0.1, 0.15) is 18.1 Å². The summed E-state index contributed by atoms with van der Waals surface area (Å²) >= 11 is 6.11. The average Bonchev–Trinajstić information content (AvgIpc) is 2.76. The van der Waals surface area contributed by atoms with E-state index in [0.29, 0.717) is 16.9 Å². The predicted molar refractivity (Wildman–Crippen MR) is 81.2 cm³/mol. The van der Waals surface area contributed by atoms with Crippen LogP contribution in [0.25, 0.3) is 11.0 Å². The second-order valence-corrected chi connectivity index (χ2v) is 7.38. The first-order chi connectivity index (χ1) is 9.75. The summed E-state index contributed by atoms with van der Waals surface area (Å²) in [5.41, 5.74) is 0.912. The molecule has 0 bridgehead atoms. The number of hydrogen-bond donors (Lipinski definition) is 1. The molecule has 6 nitrogen and oxygen atoms in total. The van der Waals surface area contributed by atoms with Crippen molar-refractivity contribution < 1.29 is 13.2 Å². The van der Waals surface area contributed by atoms with Gasteiger partial charge in [0.2, 0.25) is 5.91 Å². The highest BCUT2D eigenvalue weighted by molar-refractivity contribution is 7.91. The SMILES string of the molecule is CNC(=O)Cn1c(C(C)Cl)nc2c(S(C)(=O)=O)cccc21. The standard InChI is InChI=1S/C13H16ClN3O3S/c1-8(14)13-16-12-9(17(13)7-11(18)15-2)5-4-6-10(12)21(3,19)20/h4-6,8H,7H2,1-3H3,(H,15,18). The van der Waals surface area contributed by atoms with E-state index in [4.69, 9.17) is 11.6 Å². The lowest BCUT2D eigenvalue weighted by molar-refractivity contribution is -0.121. The molecule has 1 aromatic carbocycles.